The molecule has 0 aliphatic carbocycles. The number of aryl methyl sites for hydroxylation is 1. The third kappa shape index (κ3) is 4.84. The molecule has 0 aliphatic heterocycles. The lowest BCUT2D eigenvalue weighted by Crippen LogP contribution is -2.55. The highest BCUT2D eigenvalue weighted by atomic mass is 32.2. The van der Waals surface area contributed by atoms with Gasteiger partial charge >= 0.3 is 5.97 Å². The molecule has 0 fully saturated rings. The van der Waals surface area contributed by atoms with Crippen molar-refractivity contribution in [2.45, 2.75) is 51.1 Å². The first-order valence-corrected chi connectivity index (χ1v) is 8.01. The second kappa shape index (κ2) is 7.70. The zero-order valence-corrected chi connectivity index (χ0v) is 13.8. The highest BCUT2D eigenvalue weighted by Crippen LogP contribution is 2.26. The number of hydrogen-bond donors (Lipinski definition) is 1. The van der Waals surface area contributed by atoms with Crippen LogP contribution in [0.2, 0.25) is 0 Å². The van der Waals surface area contributed by atoms with E-state index in [-0.39, 0.29) is 12.0 Å². The summed E-state index contributed by atoms with van der Waals surface area (Å²) in [6.45, 7) is 10.3. The Kier molecular flexibility index (Phi) is 6.56. The van der Waals surface area contributed by atoms with Crippen molar-refractivity contribution >= 4 is 17.7 Å². The standard InChI is InChI=1S/C16H25NO2S/c1-6-19-15(18)16(5,17-12(2)3)11-20-14-10-8-7-9-13(14)4/h7-10,12,17H,6,11H2,1-5H3. The Morgan fingerprint density at radius 3 is 2.60 bits per heavy atom. The van der Waals surface area contributed by atoms with E-state index in [2.05, 4.69) is 24.4 Å². The number of ether oxygens (including phenoxy) is 1. The van der Waals surface area contributed by atoms with Crippen molar-refractivity contribution in [3.63, 3.8) is 0 Å². The van der Waals surface area contributed by atoms with Crippen molar-refractivity contribution < 1.29 is 9.53 Å². The molecule has 1 N–H and O–H groups in total. The maximum Gasteiger partial charge on any atom is 0.326 e. The van der Waals surface area contributed by atoms with Crippen LogP contribution < -0.4 is 5.32 Å². The summed E-state index contributed by atoms with van der Waals surface area (Å²) in [4.78, 5) is 13.4. The molecule has 0 aliphatic rings. The number of hydrogen-bond acceptors (Lipinski definition) is 4. The molecule has 0 spiro atoms. The van der Waals surface area contributed by atoms with Crippen LogP contribution in [0.5, 0.6) is 0 Å². The van der Waals surface area contributed by atoms with Gasteiger partial charge in [0.25, 0.3) is 0 Å². The fraction of sp³-hybridized carbons (Fsp3) is 0.562. The quantitative estimate of drug-likeness (QED) is 0.618. The topological polar surface area (TPSA) is 38.3 Å². The van der Waals surface area contributed by atoms with Crippen LogP contribution >= 0.6 is 11.8 Å². The molecule has 1 rings (SSSR count). The molecule has 1 unspecified atom stereocenters. The van der Waals surface area contributed by atoms with E-state index in [9.17, 15) is 4.79 Å². The summed E-state index contributed by atoms with van der Waals surface area (Å²) >= 11 is 1.69. The summed E-state index contributed by atoms with van der Waals surface area (Å²) in [5, 5.41) is 3.34. The molecule has 0 bridgehead atoms. The van der Waals surface area contributed by atoms with E-state index in [1.165, 1.54) is 10.5 Å². The van der Waals surface area contributed by atoms with Gasteiger partial charge in [-0.2, -0.15) is 0 Å². The Labute approximate surface area is 126 Å². The molecule has 0 saturated carbocycles. The molecular formula is C16H25NO2S. The summed E-state index contributed by atoms with van der Waals surface area (Å²) in [5.74, 6) is 0.462. The predicted octanol–water partition coefficient (Wildman–Crippen LogP) is 3.41. The number of benzene rings is 1. The number of thioether (sulfide) groups is 1. The lowest BCUT2D eigenvalue weighted by Gasteiger charge is -2.30. The monoisotopic (exact) mass is 295 g/mol. The fourth-order valence-corrected chi connectivity index (χ4v) is 3.14. The van der Waals surface area contributed by atoms with Crippen LogP contribution in [0.4, 0.5) is 0 Å². The molecular weight excluding hydrogens is 270 g/mol. The normalized spacial score (nSPS) is 14.1. The molecule has 0 amide bonds. The van der Waals surface area contributed by atoms with Gasteiger partial charge in [0, 0.05) is 16.7 Å². The largest absolute Gasteiger partial charge is 0.465 e. The minimum absolute atomic E-state index is 0.185. The summed E-state index contributed by atoms with van der Waals surface area (Å²) in [5.41, 5.74) is 0.560. The lowest BCUT2D eigenvalue weighted by molar-refractivity contribution is -0.149. The van der Waals surface area contributed by atoms with Crippen molar-refractivity contribution in [3.8, 4) is 0 Å². The van der Waals surface area contributed by atoms with Crippen molar-refractivity contribution in [1.82, 2.24) is 5.32 Å². The maximum atomic E-state index is 12.2. The smallest absolute Gasteiger partial charge is 0.326 e. The SMILES string of the molecule is CCOC(=O)C(C)(CSc1ccccc1C)NC(C)C. The first kappa shape index (κ1) is 17.1. The Morgan fingerprint density at radius 2 is 2.05 bits per heavy atom. The average Bonchev–Trinajstić information content (AvgIpc) is 2.37. The first-order chi connectivity index (χ1) is 9.39. The summed E-state index contributed by atoms with van der Waals surface area (Å²) < 4.78 is 5.21. The van der Waals surface area contributed by atoms with E-state index >= 15 is 0 Å². The second-order valence-corrected chi connectivity index (χ2v) is 6.42. The maximum absolute atomic E-state index is 12.2. The Hall–Kier alpha value is -1.00. The van der Waals surface area contributed by atoms with Gasteiger partial charge < -0.3 is 4.74 Å². The van der Waals surface area contributed by atoms with Crippen molar-refractivity contribution in [2.75, 3.05) is 12.4 Å². The van der Waals surface area contributed by atoms with E-state index in [4.69, 9.17) is 4.74 Å². The van der Waals surface area contributed by atoms with Crippen molar-refractivity contribution in [3.05, 3.63) is 29.8 Å². The minimum atomic E-state index is -0.670. The van der Waals surface area contributed by atoms with Crippen molar-refractivity contribution in [2.24, 2.45) is 0 Å². The third-order valence-electron chi connectivity index (χ3n) is 2.94. The zero-order valence-electron chi connectivity index (χ0n) is 13.0. The molecule has 0 radical (unpaired) electrons. The van der Waals surface area contributed by atoms with Crippen LogP contribution in [0.15, 0.2) is 29.2 Å². The van der Waals surface area contributed by atoms with Gasteiger partial charge in [-0.15, -0.1) is 11.8 Å². The van der Waals surface area contributed by atoms with Gasteiger partial charge in [0.15, 0.2) is 0 Å². The number of carbonyl (C=O) groups is 1. The van der Waals surface area contributed by atoms with Crippen LogP contribution in [-0.2, 0) is 9.53 Å². The molecule has 1 aromatic rings. The van der Waals surface area contributed by atoms with E-state index < -0.39 is 5.54 Å². The molecule has 4 heteroatoms. The van der Waals surface area contributed by atoms with E-state index in [1.54, 1.807) is 11.8 Å². The van der Waals surface area contributed by atoms with Crippen LogP contribution in [0.1, 0.15) is 33.3 Å². The van der Waals surface area contributed by atoms with Gasteiger partial charge in [-0.3, -0.25) is 10.1 Å². The zero-order chi connectivity index (χ0) is 15.2. The summed E-state index contributed by atoms with van der Waals surface area (Å²) in [7, 11) is 0. The van der Waals surface area contributed by atoms with Crippen LogP contribution in [-0.4, -0.2) is 29.9 Å². The lowest BCUT2D eigenvalue weighted by atomic mass is 10.0. The molecule has 0 heterocycles. The molecule has 1 atom stereocenters. The fourth-order valence-electron chi connectivity index (χ4n) is 2.03. The van der Waals surface area contributed by atoms with E-state index in [0.29, 0.717) is 12.4 Å². The van der Waals surface area contributed by atoms with Gasteiger partial charge in [-0.05, 0) is 46.2 Å². The Balaban J connectivity index is 2.80. The van der Waals surface area contributed by atoms with E-state index in [0.717, 1.165) is 0 Å². The average molecular weight is 295 g/mol. The number of esters is 1. The predicted molar refractivity (Wildman–Crippen MR) is 85.2 cm³/mol. The highest BCUT2D eigenvalue weighted by Gasteiger charge is 2.35. The van der Waals surface area contributed by atoms with E-state index in [1.807, 2.05) is 39.8 Å². The van der Waals surface area contributed by atoms with Crippen LogP contribution in [0.25, 0.3) is 0 Å². The number of rotatable bonds is 7. The third-order valence-corrected chi connectivity index (χ3v) is 4.43. The van der Waals surface area contributed by atoms with Gasteiger partial charge in [-0.25, -0.2) is 0 Å². The molecule has 112 valence electrons. The first-order valence-electron chi connectivity index (χ1n) is 7.02. The molecule has 3 nitrogen and oxygen atoms in total. The molecule has 0 saturated heterocycles. The molecule has 20 heavy (non-hydrogen) atoms. The minimum Gasteiger partial charge on any atom is -0.465 e. The van der Waals surface area contributed by atoms with Gasteiger partial charge in [0.1, 0.15) is 5.54 Å². The number of nitrogens with one attached hydrogen (secondary N) is 1. The second-order valence-electron chi connectivity index (χ2n) is 5.41. The highest BCUT2D eigenvalue weighted by molar-refractivity contribution is 7.99. The van der Waals surface area contributed by atoms with Crippen LogP contribution in [0.3, 0.4) is 0 Å². The van der Waals surface area contributed by atoms with Crippen molar-refractivity contribution in [1.29, 1.82) is 0 Å². The molecule has 1 aromatic carbocycles. The number of carbonyl (C=O) groups excluding carboxylic acids is 1. The van der Waals surface area contributed by atoms with Crippen LogP contribution in [0, 0.1) is 6.92 Å². The van der Waals surface area contributed by atoms with Gasteiger partial charge in [-0.1, -0.05) is 18.2 Å². The molecule has 0 aromatic heterocycles. The summed E-state index contributed by atoms with van der Waals surface area (Å²) in [6.07, 6.45) is 0. The summed E-state index contributed by atoms with van der Waals surface area (Å²) in [6, 6.07) is 8.44. The Morgan fingerprint density at radius 1 is 1.40 bits per heavy atom. The van der Waals surface area contributed by atoms with Gasteiger partial charge in [0.2, 0.25) is 0 Å². The Bertz CT molecular complexity index is 448. The van der Waals surface area contributed by atoms with Gasteiger partial charge in [0.05, 0.1) is 6.61 Å².